The third kappa shape index (κ3) is 7.17. The molecule has 1 aromatic heterocycles. The van der Waals surface area contributed by atoms with Gasteiger partial charge in [0.1, 0.15) is 29.7 Å². The van der Waals surface area contributed by atoms with Crippen LogP contribution in [-0.4, -0.2) is 51.3 Å². The maximum Gasteiger partial charge on any atom is 0.430 e. The fraction of sp³-hybridized carbons (Fsp3) is 0.263. The number of halogens is 3. The van der Waals surface area contributed by atoms with Crippen LogP contribution >= 0.6 is 11.8 Å². The number of hydrogen-bond donors (Lipinski definition) is 1. The van der Waals surface area contributed by atoms with Gasteiger partial charge in [-0.15, -0.1) is 11.8 Å². The second-order valence-electron chi connectivity index (χ2n) is 6.19. The molecule has 7 nitrogen and oxygen atoms in total. The van der Waals surface area contributed by atoms with E-state index in [0.29, 0.717) is 11.6 Å². The summed E-state index contributed by atoms with van der Waals surface area (Å²) in [5.41, 5.74) is 3.73. The molecule has 12 heteroatoms. The van der Waals surface area contributed by atoms with E-state index in [1.165, 1.54) is 42.1 Å². The third-order valence-corrected chi connectivity index (χ3v) is 5.20. The average Bonchev–Trinajstić information content (AvgIpc) is 3.18. The van der Waals surface area contributed by atoms with E-state index in [1.807, 2.05) is 0 Å². The highest BCUT2D eigenvalue weighted by molar-refractivity contribution is 7.98. The summed E-state index contributed by atoms with van der Waals surface area (Å²) in [6.45, 7) is -0.545. The number of alkyl halides is 3. The number of carbonyl (C=O) groups excluding carboxylic acids is 1. The van der Waals surface area contributed by atoms with Crippen molar-refractivity contribution in [3.8, 4) is 11.3 Å². The monoisotopic (exact) mass is 476 g/mol. The van der Waals surface area contributed by atoms with Gasteiger partial charge in [0.05, 0.1) is 4.90 Å². The van der Waals surface area contributed by atoms with Crippen LogP contribution in [0.25, 0.3) is 11.3 Å². The van der Waals surface area contributed by atoms with Crippen LogP contribution in [0.15, 0.2) is 62.5 Å². The number of benzene rings is 1. The lowest BCUT2D eigenvalue weighted by atomic mass is 10.2. The normalized spacial score (nSPS) is 13.3. The standard InChI is InChI=1S/C19H19F3N2O5S2/c1-30-11-28-18(25)10-24-14(9-17(23)19(20,21)22)16-7-6-15(29-16)12-4-3-5-13(8-12)31(2,26)27/h3-9H,10-11,23H2,1-2H3/b17-9-,24-14?. The van der Waals surface area contributed by atoms with Crippen molar-refractivity contribution in [3.05, 3.63) is 53.9 Å². The zero-order valence-corrected chi connectivity index (χ0v) is 18.1. The van der Waals surface area contributed by atoms with Gasteiger partial charge in [-0.3, -0.25) is 9.79 Å². The average molecular weight is 476 g/mol. The number of carbonyl (C=O) groups is 1. The summed E-state index contributed by atoms with van der Waals surface area (Å²) in [6, 6.07) is 8.64. The lowest BCUT2D eigenvalue weighted by molar-refractivity contribution is -0.139. The van der Waals surface area contributed by atoms with E-state index in [0.717, 1.165) is 6.26 Å². The number of furan rings is 1. The van der Waals surface area contributed by atoms with Crippen molar-refractivity contribution in [1.29, 1.82) is 0 Å². The van der Waals surface area contributed by atoms with Crippen LogP contribution in [0.2, 0.25) is 0 Å². The fourth-order valence-corrected chi connectivity index (χ4v) is 3.17. The van der Waals surface area contributed by atoms with Crippen LogP contribution in [0.5, 0.6) is 0 Å². The molecule has 0 radical (unpaired) electrons. The summed E-state index contributed by atoms with van der Waals surface area (Å²) < 4.78 is 72.6. The highest BCUT2D eigenvalue weighted by Gasteiger charge is 2.32. The molecular weight excluding hydrogens is 457 g/mol. The molecule has 0 aliphatic heterocycles. The van der Waals surface area contributed by atoms with Gasteiger partial charge in [0.15, 0.2) is 15.6 Å². The second-order valence-corrected chi connectivity index (χ2v) is 9.01. The molecule has 0 atom stereocenters. The minimum absolute atomic E-state index is 0.0505. The first-order chi connectivity index (χ1) is 14.4. The molecule has 0 bridgehead atoms. The second kappa shape index (κ2) is 10.1. The van der Waals surface area contributed by atoms with E-state index < -0.39 is 34.2 Å². The third-order valence-electron chi connectivity index (χ3n) is 3.74. The Bertz CT molecular complexity index is 1110. The number of nitrogens with zero attached hydrogens (tertiary/aromatic N) is 1. The quantitative estimate of drug-likeness (QED) is 0.353. The van der Waals surface area contributed by atoms with E-state index in [-0.39, 0.29) is 28.1 Å². The van der Waals surface area contributed by atoms with Gasteiger partial charge in [0.25, 0.3) is 0 Å². The first-order valence-electron chi connectivity index (χ1n) is 8.56. The van der Waals surface area contributed by atoms with Gasteiger partial charge in [-0.05, 0) is 36.6 Å². The predicted octanol–water partition coefficient (Wildman–Crippen LogP) is 3.41. The molecule has 2 aromatic rings. The van der Waals surface area contributed by atoms with E-state index in [9.17, 15) is 26.4 Å². The van der Waals surface area contributed by atoms with Gasteiger partial charge in [-0.2, -0.15) is 13.2 Å². The molecule has 2 N–H and O–H groups in total. The topological polar surface area (TPSA) is 112 Å². The van der Waals surface area contributed by atoms with Crippen LogP contribution in [0.3, 0.4) is 0 Å². The molecule has 1 aromatic carbocycles. The molecule has 2 rings (SSSR count). The number of hydrogen-bond acceptors (Lipinski definition) is 8. The molecule has 0 spiro atoms. The van der Waals surface area contributed by atoms with Crippen LogP contribution in [-0.2, 0) is 19.4 Å². The smallest absolute Gasteiger partial charge is 0.430 e. The Hall–Kier alpha value is -2.73. The van der Waals surface area contributed by atoms with Crippen molar-refractivity contribution < 1.29 is 35.5 Å². The number of esters is 1. The number of thioether (sulfide) groups is 1. The summed E-state index contributed by atoms with van der Waals surface area (Å²) in [5, 5.41) is 0. The summed E-state index contributed by atoms with van der Waals surface area (Å²) in [5.74, 6) is -0.563. The zero-order valence-electron chi connectivity index (χ0n) is 16.5. The Morgan fingerprint density at radius 2 is 2.00 bits per heavy atom. The Morgan fingerprint density at radius 1 is 1.29 bits per heavy atom. The minimum Gasteiger partial charge on any atom is -0.454 e. The number of ether oxygens (including phenoxy) is 1. The molecule has 168 valence electrons. The molecule has 0 saturated heterocycles. The van der Waals surface area contributed by atoms with Crippen LogP contribution in [0.4, 0.5) is 13.2 Å². The van der Waals surface area contributed by atoms with Gasteiger partial charge < -0.3 is 14.9 Å². The summed E-state index contributed by atoms with van der Waals surface area (Å²) >= 11 is 1.24. The van der Waals surface area contributed by atoms with Crippen molar-refractivity contribution in [2.24, 2.45) is 10.7 Å². The largest absolute Gasteiger partial charge is 0.454 e. The first-order valence-corrected chi connectivity index (χ1v) is 11.8. The van der Waals surface area contributed by atoms with Crippen LogP contribution in [0, 0.1) is 0 Å². The van der Waals surface area contributed by atoms with Crippen molar-refractivity contribution in [2.45, 2.75) is 11.1 Å². The number of aliphatic imine (C=N–C) groups is 1. The van der Waals surface area contributed by atoms with E-state index in [2.05, 4.69) is 4.99 Å². The molecule has 0 amide bonds. The summed E-state index contributed by atoms with van der Waals surface area (Å²) in [4.78, 5) is 15.6. The van der Waals surface area contributed by atoms with E-state index in [1.54, 1.807) is 12.3 Å². The molecule has 0 saturated carbocycles. The molecule has 31 heavy (non-hydrogen) atoms. The lowest BCUT2D eigenvalue weighted by Crippen LogP contribution is -2.21. The molecular formula is C19H19F3N2O5S2. The van der Waals surface area contributed by atoms with Gasteiger partial charge in [-0.25, -0.2) is 8.42 Å². The van der Waals surface area contributed by atoms with Crippen LogP contribution in [0.1, 0.15) is 5.76 Å². The van der Waals surface area contributed by atoms with Gasteiger partial charge >= 0.3 is 12.1 Å². The summed E-state index contributed by atoms with van der Waals surface area (Å²) in [6.07, 6.45) is -1.50. The summed E-state index contributed by atoms with van der Waals surface area (Å²) in [7, 11) is -3.47. The van der Waals surface area contributed by atoms with Crippen molar-refractivity contribution in [2.75, 3.05) is 25.0 Å². The molecule has 0 aliphatic rings. The maximum atomic E-state index is 12.9. The Kier molecular flexibility index (Phi) is 7.96. The maximum absolute atomic E-state index is 12.9. The molecule has 0 fully saturated rings. The van der Waals surface area contributed by atoms with Crippen molar-refractivity contribution >= 4 is 33.3 Å². The number of nitrogens with two attached hydrogens (primary N) is 1. The SMILES string of the molecule is CSCOC(=O)CN=C(/C=C(\N)C(F)(F)F)c1ccc(-c2cccc(S(C)(=O)=O)c2)o1. The molecule has 0 aliphatic carbocycles. The van der Waals surface area contributed by atoms with Crippen LogP contribution < -0.4 is 5.73 Å². The fourth-order valence-electron chi connectivity index (χ4n) is 2.25. The lowest BCUT2D eigenvalue weighted by Gasteiger charge is -2.07. The number of sulfone groups is 1. The molecule has 0 unspecified atom stereocenters. The number of allylic oxidation sites excluding steroid dienone is 2. The van der Waals surface area contributed by atoms with Gasteiger partial charge in [0, 0.05) is 11.8 Å². The van der Waals surface area contributed by atoms with Gasteiger partial charge in [-0.1, -0.05) is 12.1 Å². The number of rotatable bonds is 8. The highest BCUT2D eigenvalue weighted by atomic mass is 32.2. The predicted molar refractivity (Wildman–Crippen MR) is 111 cm³/mol. The minimum atomic E-state index is -4.81. The van der Waals surface area contributed by atoms with Gasteiger partial charge in [0.2, 0.25) is 0 Å². The Balaban J connectivity index is 2.42. The van der Waals surface area contributed by atoms with Crippen molar-refractivity contribution in [1.82, 2.24) is 0 Å². The first kappa shape index (κ1) is 24.5. The Morgan fingerprint density at radius 3 is 2.61 bits per heavy atom. The highest BCUT2D eigenvalue weighted by Crippen LogP contribution is 2.27. The van der Waals surface area contributed by atoms with E-state index >= 15 is 0 Å². The van der Waals surface area contributed by atoms with E-state index in [4.69, 9.17) is 14.9 Å². The molecule has 1 heterocycles. The Labute approximate surface area is 181 Å². The van der Waals surface area contributed by atoms with Crippen molar-refractivity contribution in [3.63, 3.8) is 0 Å². The zero-order chi connectivity index (χ0) is 23.2.